The van der Waals surface area contributed by atoms with Crippen molar-refractivity contribution in [2.45, 2.75) is 18.9 Å². The van der Waals surface area contributed by atoms with Crippen molar-refractivity contribution < 1.29 is 4.79 Å². The molecule has 0 radical (unpaired) electrons. The third-order valence-corrected chi connectivity index (χ3v) is 3.89. The first kappa shape index (κ1) is 13.4. The molecule has 0 aromatic heterocycles. The molecule has 0 N–H and O–H groups in total. The summed E-state index contributed by atoms with van der Waals surface area (Å²) in [4.78, 5) is 15.5. The molecule has 0 aliphatic carbocycles. The highest BCUT2D eigenvalue weighted by Gasteiger charge is 2.22. The third-order valence-electron chi connectivity index (χ3n) is 3.60. The van der Waals surface area contributed by atoms with Crippen LogP contribution in [0.4, 0.5) is 5.69 Å². The highest BCUT2D eigenvalue weighted by molar-refractivity contribution is 6.18. The van der Waals surface area contributed by atoms with Crippen LogP contribution < -0.4 is 4.90 Å². The van der Waals surface area contributed by atoms with Crippen molar-refractivity contribution in [3.05, 3.63) is 29.3 Å². The van der Waals surface area contributed by atoms with Crippen LogP contribution in [0.5, 0.6) is 0 Å². The summed E-state index contributed by atoms with van der Waals surface area (Å²) in [6.07, 6.45) is 1.43. The van der Waals surface area contributed by atoms with Gasteiger partial charge in [0.05, 0.1) is 0 Å². The van der Waals surface area contributed by atoms with Gasteiger partial charge in [0.1, 0.15) is 0 Å². The average molecular weight is 267 g/mol. The summed E-state index contributed by atoms with van der Waals surface area (Å²) in [5.41, 5.74) is 3.49. The fraction of sp³-hybridized carbons (Fsp3) is 0.500. The number of rotatable bonds is 3. The lowest BCUT2D eigenvalue weighted by Crippen LogP contribution is -2.31. The quantitative estimate of drug-likeness (QED) is 0.785. The first-order valence-corrected chi connectivity index (χ1v) is 6.70. The van der Waals surface area contributed by atoms with Gasteiger partial charge < -0.3 is 9.80 Å². The molecule has 1 unspecified atom stereocenters. The van der Waals surface area contributed by atoms with Crippen LogP contribution >= 0.6 is 11.6 Å². The van der Waals surface area contributed by atoms with Crippen molar-refractivity contribution >= 4 is 23.2 Å². The van der Waals surface area contributed by atoms with Gasteiger partial charge in [-0.3, -0.25) is 4.79 Å². The number of alkyl halides is 1. The number of amides is 1. The van der Waals surface area contributed by atoms with Crippen LogP contribution in [0.3, 0.4) is 0 Å². The molecule has 1 heterocycles. The van der Waals surface area contributed by atoms with E-state index >= 15 is 0 Å². The number of carbonyl (C=O) groups is 1. The second-order valence-corrected chi connectivity index (χ2v) is 5.28. The number of nitrogens with zero attached hydrogens (tertiary/aromatic N) is 2. The summed E-state index contributed by atoms with van der Waals surface area (Å²) < 4.78 is 0. The predicted octanol–water partition coefficient (Wildman–Crippen LogP) is 2.44. The largest absolute Gasteiger partial charge is 0.315 e. The molecule has 0 saturated heterocycles. The second kappa shape index (κ2) is 5.29. The molecule has 1 aliphatic rings. The standard InChI is InChI=1S/C14H19ClN2O/c1-16(2)13(9-15)11-4-6-12-10(8-11)5-7-14(18)17(12)3/h4,6,8,13H,5,7,9H2,1-3H3. The average Bonchev–Trinajstić information content (AvgIpc) is 2.34. The summed E-state index contributed by atoms with van der Waals surface area (Å²) in [6, 6.07) is 6.51. The highest BCUT2D eigenvalue weighted by atomic mass is 35.5. The van der Waals surface area contributed by atoms with Gasteiger partial charge in [-0.1, -0.05) is 12.1 Å². The van der Waals surface area contributed by atoms with Crippen LogP contribution in [0.1, 0.15) is 23.6 Å². The molecule has 0 saturated carbocycles. The van der Waals surface area contributed by atoms with E-state index in [1.807, 2.05) is 27.2 Å². The van der Waals surface area contributed by atoms with E-state index in [0.29, 0.717) is 12.3 Å². The minimum Gasteiger partial charge on any atom is -0.315 e. The van der Waals surface area contributed by atoms with Crippen molar-refractivity contribution in [3.63, 3.8) is 0 Å². The molecule has 0 bridgehead atoms. The normalized spacial score (nSPS) is 16.9. The Morgan fingerprint density at radius 2 is 2.11 bits per heavy atom. The van der Waals surface area contributed by atoms with Gasteiger partial charge in [0.25, 0.3) is 0 Å². The monoisotopic (exact) mass is 266 g/mol. The van der Waals surface area contributed by atoms with Crippen molar-refractivity contribution in [1.82, 2.24) is 4.90 Å². The maximum absolute atomic E-state index is 11.6. The number of hydrogen-bond donors (Lipinski definition) is 0. The summed E-state index contributed by atoms with van der Waals surface area (Å²) >= 11 is 6.03. The van der Waals surface area contributed by atoms with Gasteiger partial charge >= 0.3 is 0 Å². The lowest BCUT2D eigenvalue weighted by atomic mass is 9.96. The van der Waals surface area contributed by atoms with Crippen LogP contribution in [0, 0.1) is 0 Å². The number of aryl methyl sites for hydroxylation is 1. The zero-order chi connectivity index (χ0) is 13.3. The van der Waals surface area contributed by atoms with E-state index in [9.17, 15) is 4.79 Å². The summed E-state index contributed by atoms with van der Waals surface area (Å²) in [5, 5.41) is 0. The van der Waals surface area contributed by atoms with E-state index in [1.165, 1.54) is 11.1 Å². The lowest BCUT2D eigenvalue weighted by molar-refractivity contribution is -0.118. The maximum Gasteiger partial charge on any atom is 0.227 e. The fourth-order valence-corrected chi connectivity index (χ4v) is 2.86. The smallest absolute Gasteiger partial charge is 0.227 e. The van der Waals surface area contributed by atoms with Crippen molar-refractivity contribution in [3.8, 4) is 0 Å². The van der Waals surface area contributed by atoms with E-state index in [2.05, 4.69) is 17.0 Å². The molecule has 1 aromatic carbocycles. The number of hydrogen-bond acceptors (Lipinski definition) is 2. The molecular formula is C14H19ClN2O. The van der Waals surface area contributed by atoms with E-state index in [4.69, 9.17) is 11.6 Å². The van der Waals surface area contributed by atoms with Gasteiger partial charge in [-0.15, -0.1) is 11.6 Å². The Balaban J connectivity index is 2.36. The predicted molar refractivity (Wildman–Crippen MR) is 75.3 cm³/mol. The lowest BCUT2D eigenvalue weighted by Gasteiger charge is -2.28. The Hall–Kier alpha value is -1.06. The second-order valence-electron chi connectivity index (χ2n) is 4.97. The molecule has 1 aromatic rings. The number of fused-ring (bicyclic) bond motifs is 1. The molecule has 18 heavy (non-hydrogen) atoms. The zero-order valence-electron chi connectivity index (χ0n) is 11.1. The number of benzene rings is 1. The molecule has 1 aliphatic heterocycles. The van der Waals surface area contributed by atoms with Crippen LogP contribution in [0.15, 0.2) is 18.2 Å². The number of anilines is 1. The Bertz CT molecular complexity index is 459. The van der Waals surface area contributed by atoms with Crippen LogP contribution in [-0.2, 0) is 11.2 Å². The van der Waals surface area contributed by atoms with Crippen LogP contribution in [0.25, 0.3) is 0 Å². The zero-order valence-corrected chi connectivity index (χ0v) is 11.9. The van der Waals surface area contributed by atoms with E-state index in [-0.39, 0.29) is 11.9 Å². The van der Waals surface area contributed by atoms with Crippen molar-refractivity contribution in [2.24, 2.45) is 0 Å². The number of halogens is 1. The maximum atomic E-state index is 11.6. The molecule has 2 rings (SSSR count). The minimum absolute atomic E-state index is 0.191. The Morgan fingerprint density at radius 3 is 2.72 bits per heavy atom. The summed E-state index contributed by atoms with van der Waals surface area (Å²) in [5.74, 6) is 0.761. The molecule has 0 fully saturated rings. The van der Waals surface area contributed by atoms with Crippen LogP contribution in [-0.4, -0.2) is 37.8 Å². The molecule has 3 nitrogen and oxygen atoms in total. The van der Waals surface area contributed by atoms with Gasteiger partial charge in [0, 0.05) is 31.1 Å². The fourth-order valence-electron chi connectivity index (χ4n) is 2.41. The van der Waals surface area contributed by atoms with Gasteiger partial charge in [0.2, 0.25) is 5.91 Å². The van der Waals surface area contributed by atoms with Gasteiger partial charge in [-0.05, 0) is 37.7 Å². The van der Waals surface area contributed by atoms with Gasteiger partial charge in [0.15, 0.2) is 0 Å². The first-order chi connectivity index (χ1) is 8.54. The van der Waals surface area contributed by atoms with E-state index in [0.717, 1.165) is 12.1 Å². The van der Waals surface area contributed by atoms with Crippen molar-refractivity contribution in [1.29, 1.82) is 0 Å². The highest BCUT2D eigenvalue weighted by Crippen LogP contribution is 2.30. The Morgan fingerprint density at radius 1 is 1.39 bits per heavy atom. The Labute approximate surface area is 113 Å². The minimum atomic E-state index is 0.191. The Kier molecular flexibility index (Phi) is 3.93. The van der Waals surface area contributed by atoms with Gasteiger partial charge in [-0.2, -0.15) is 0 Å². The summed E-state index contributed by atoms with van der Waals surface area (Å²) in [7, 11) is 5.90. The molecular weight excluding hydrogens is 248 g/mol. The molecule has 1 amide bonds. The SMILES string of the molecule is CN1C(=O)CCc2cc(C(CCl)N(C)C)ccc21. The topological polar surface area (TPSA) is 23.6 Å². The van der Waals surface area contributed by atoms with Crippen LogP contribution in [0.2, 0.25) is 0 Å². The van der Waals surface area contributed by atoms with Crippen molar-refractivity contribution in [2.75, 3.05) is 31.9 Å². The van der Waals surface area contributed by atoms with E-state index in [1.54, 1.807) is 4.90 Å². The molecule has 1 atom stereocenters. The molecule has 98 valence electrons. The van der Waals surface area contributed by atoms with E-state index < -0.39 is 0 Å². The molecule has 0 spiro atoms. The van der Waals surface area contributed by atoms with Gasteiger partial charge in [-0.25, -0.2) is 0 Å². The summed E-state index contributed by atoms with van der Waals surface area (Å²) in [6.45, 7) is 0. The number of carbonyl (C=O) groups excluding carboxylic acids is 1. The molecule has 4 heteroatoms. The third kappa shape index (κ3) is 2.38. The first-order valence-electron chi connectivity index (χ1n) is 6.16.